The fourth-order valence-electron chi connectivity index (χ4n) is 2.04. The van der Waals surface area contributed by atoms with Crippen molar-refractivity contribution in [3.63, 3.8) is 0 Å². The molecule has 0 saturated carbocycles. The van der Waals surface area contributed by atoms with Crippen molar-refractivity contribution in [3.05, 3.63) is 66.0 Å². The number of thioether (sulfide) groups is 1. The Hall–Kier alpha value is -2.80. The number of aryl methyl sites for hydroxylation is 1. The van der Waals surface area contributed by atoms with Crippen LogP contribution in [-0.2, 0) is 11.4 Å². The molecule has 0 aliphatic carbocycles. The Morgan fingerprint density at radius 3 is 2.68 bits per heavy atom. The zero-order chi connectivity index (χ0) is 17.5. The Morgan fingerprint density at radius 2 is 1.92 bits per heavy atom. The highest BCUT2D eigenvalue weighted by Crippen LogP contribution is 2.16. The number of hydrogen-bond acceptors (Lipinski definition) is 5. The predicted molar refractivity (Wildman–Crippen MR) is 97.7 cm³/mol. The maximum Gasteiger partial charge on any atom is 0.234 e. The summed E-state index contributed by atoms with van der Waals surface area (Å²) in [7, 11) is 0. The molecule has 0 aliphatic rings. The van der Waals surface area contributed by atoms with Gasteiger partial charge in [0.15, 0.2) is 5.82 Å². The van der Waals surface area contributed by atoms with Gasteiger partial charge in [0.25, 0.3) is 0 Å². The lowest BCUT2D eigenvalue weighted by atomic mass is 10.2. The van der Waals surface area contributed by atoms with Gasteiger partial charge in [0, 0.05) is 5.69 Å². The molecule has 0 atom stereocenters. The molecule has 0 radical (unpaired) electrons. The Balaban J connectivity index is 1.45. The number of carbonyl (C=O) groups excluding carboxylic acids is 1. The number of nitrogens with one attached hydrogen (secondary N) is 2. The molecule has 128 valence electrons. The average molecular weight is 354 g/mol. The van der Waals surface area contributed by atoms with Crippen LogP contribution in [0.3, 0.4) is 0 Å². The highest BCUT2D eigenvalue weighted by molar-refractivity contribution is 7.99. The van der Waals surface area contributed by atoms with Gasteiger partial charge in [-0.1, -0.05) is 47.7 Å². The number of nitrogens with zero attached hydrogens (tertiary/aromatic N) is 2. The van der Waals surface area contributed by atoms with Gasteiger partial charge in [-0.3, -0.25) is 9.89 Å². The summed E-state index contributed by atoms with van der Waals surface area (Å²) < 4.78 is 5.64. The lowest BCUT2D eigenvalue weighted by Crippen LogP contribution is -2.13. The first-order chi connectivity index (χ1) is 12.2. The van der Waals surface area contributed by atoms with Gasteiger partial charge >= 0.3 is 0 Å². The molecule has 25 heavy (non-hydrogen) atoms. The van der Waals surface area contributed by atoms with E-state index in [-0.39, 0.29) is 11.7 Å². The van der Waals surface area contributed by atoms with Crippen molar-refractivity contribution in [3.8, 4) is 5.75 Å². The molecule has 0 bridgehead atoms. The molecule has 0 fully saturated rings. The van der Waals surface area contributed by atoms with Gasteiger partial charge < -0.3 is 10.1 Å². The second-order valence-corrected chi connectivity index (χ2v) is 6.31. The van der Waals surface area contributed by atoms with Crippen molar-refractivity contribution < 1.29 is 9.53 Å². The normalized spacial score (nSPS) is 10.4. The van der Waals surface area contributed by atoms with Crippen LogP contribution < -0.4 is 10.1 Å². The predicted octanol–water partition coefficient (Wildman–Crippen LogP) is 3.42. The van der Waals surface area contributed by atoms with E-state index in [4.69, 9.17) is 4.74 Å². The number of aromatic nitrogens is 3. The molecule has 6 nitrogen and oxygen atoms in total. The fourth-order valence-corrected chi connectivity index (χ4v) is 2.66. The second kappa shape index (κ2) is 8.34. The third kappa shape index (κ3) is 5.36. The first-order valence-electron chi connectivity index (χ1n) is 7.77. The zero-order valence-electron chi connectivity index (χ0n) is 13.7. The molecule has 1 aromatic heterocycles. The summed E-state index contributed by atoms with van der Waals surface area (Å²) in [5.41, 5.74) is 1.95. The number of benzene rings is 2. The third-order valence-corrected chi connectivity index (χ3v) is 4.14. The van der Waals surface area contributed by atoms with Crippen molar-refractivity contribution in [2.24, 2.45) is 0 Å². The Kier molecular flexibility index (Phi) is 5.69. The summed E-state index contributed by atoms with van der Waals surface area (Å²) in [6, 6.07) is 17.1. The molecule has 0 spiro atoms. The number of rotatable bonds is 7. The molecule has 3 aromatic rings. The molecule has 7 heteroatoms. The quantitative estimate of drug-likeness (QED) is 0.636. The average Bonchev–Trinajstić information content (AvgIpc) is 3.08. The lowest BCUT2D eigenvalue weighted by Gasteiger charge is -2.03. The number of carbonyl (C=O) groups is 1. The number of hydrogen-bond donors (Lipinski definition) is 2. The van der Waals surface area contributed by atoms with Gasteiger partial charge in [-0.15, -0.1) is 5.10 Å². The van der Waals surface area contributed by atoms with E-state index in [1.807, 2.05) is 61.5 Å². The number of aromatic amines is 1. The Morgan fingerprint density at radius 1 is 1.16 bits per heavy atom. The molecule has 0 aliphatic heterocycles. The number of para-hydroxylation sites is 1. The summed E-state index contributed by atoms with van der Waals surface area (Å²) in [6.07, 6.45) is 0. The largest absolute Gasteiger partial charge is 0.486 e. The molecule has 0 unspecified atom stereocenters. The number of anilines is 1. The topological polar surface area (TPSA) is 79.9 Å². The van der Waals surface area contributed by atoms with Crippen LogP contribution in [0.5, 0.6) is 5.75 Å². The zero-order valence-corrected chi connectivity index (χ0v) is 14.5. The van der Waals surface area contributed by atoms with E-state index in [0.29, 0.717) is 17.6 Å². The molecular weight excluding hydrogens is 336 g/mol. The van der Waals surface area contributed by atoms with Crippen LogP contribution >= 0.6 is 11.8 Å². The van der Waals surface area contributed by atoms with E-state index in [1.54, 1.807) is 0 Å². The summed E-state index contributed by atoms with van der Waals surface area (Å²) in [5.74, 6) is 1.54. The minimum Gasteiger partial charge on any atom is -0.486 e. The number of amides is 1. The summed E-state index contributed by atoms with van der Waals surface area (Å²) in [6.45, 7) is 2.32. The molecule has 3 rings (SSSR count). The van der Waals surface area contributed by atoms with Gasteiger partial charge in [-0.25, -0.2) is 4.98 Å². The van der Waals surface area contributed by atoms with E-state index in [2.05, 4.69) is 20.5 Å². The minimum atomic E-state index is -0.0987. The van der Waals surface area contributed by atoms with E-state index < -0.39 is 0 Å². The maximum atomic E-state index is 11.9. The van der Waals surface area contributed by atoms with Crippen molar-refractivity contribution in [1.82, 2.24) is 15.2 Å². The van der Waals surface area contributed by atoms with E-state index in [0.717, 1.165) is 11.4 Å². The van der Waals surface area contributed by atoms with Gasteiger partial charge in [-0.2, -0.15) is 0 Å². The van der Waals surface area contributed by atoms with E-state index in [1.165, 1.54) is 17.3 Å². The van der Waals surface area contributed by atoms with Crippen molar-refractivity contribution in [2.45, 2.75) is 18.7 Å². The minimum absolute atomic E-state index is 0.0987. The van der Waals surface area contributed by atoms with Crippen LogP contribution in [0.25, 0.3) is 0 Å². The summed E-state index contributed by atoms with van der Waals surface area (Å²) in [5, 5.41) is 10.2. The lowest BCUT2D eigenvalue weighted by molar-refractivity contribution is -0.113. The van der Waals surface area contributed by atoms with Crippen LogP contribution in [-0.4, -0.2) is 26.8 Å². The standard InChI is InChI=1S/C18H18N4O2S/c1-13-7-9-15(10-8-13)24-11-16-20-18(22-21-16)25-12-17(23)19-14-5-3-2-4-6-14/h2-10H,11-12H2,1H3,(H,19,23)(H,20,21,22). The van der Waals surface area contributed by atoms with Crippen LogP contribution in [0, 0.1) is 6.92 Å². The highest BCUT2D eigenvalue weighted by Gasteiger charge is 2.08. The van der Waals surface area contributed by atoms with Gasteiger partial charge in [0.1, 0.15) is 12.4 Å². The van der Waals surface area contributed by atoms with Gasteiger partial charge in [-0.05, 0) is 31.2 Å². The van der Waals surface area contributed by atoms with Crippen LogP contribution in [0.1, 0.15) is 11.4 Å². The van der Waals surface area contributed by atoms with E-state index >= 15 is 0 Å². The Labute approximate surface area is 150 Å². The molecule has 1 heterocycles. The molecule has 1 amide bonds. The molecule has 0 saturated heterocycles. The van der Waals surface area contributed by atoms with Gasteiger partial charge in [0.2, 0.25) is 11.1 Å². The smallest absolute Gasteiger partial charge is 0.234 e. The number of ether oxygens (including phenoxy) is 1. The maximum absolute atomic E-state index is 11.9. The van der Waals surface area contributed by atoms with Crippen LogP contribution in [0.15, 0.2) is 59.8 Å². The van der Waals surface area contributed by atoms with E-state index in [9.17, 15) is 4.79 Å². The SMILES string of the molecule is Cc1ccc(OCc2nc(SCC(=O)Nc3ccccc3)n[nH]2)cc1. The number of H-pyrrole nitrogens is 1. The molecule has 2 N–H and O–H groups in total. The van der Waals surface area contributed by atoms with Gasteiger partial charge in [0.05, 0.1) is 5.75 Å². The van der Waals surface area contributed by atoms with Crippen LogP contribution in [0.2, 0.25) is 0 Å². The van der Waals surface area contributed by atoms with Crippen molar-refractivity contribution >= 4 is 23.4 Å². The summed E-state index contributed by atoms with van der Waals surface area (Å²) >= 11 is 1.27. The molecule has 2 aromatic carbocycles. The monoisotopic (exact) mass is 354 g/mol. The highest BCUT2D eigenvalue weighted by atomic mass is 32.2. The third-order valence-electron chi connectivity index (χ3n) is 3.30. The second-order valence-electron chi connectivity index (χ2n) is 5.37. The van der Waals surface area contributed by atoms with Crippen molar-refractivity contribution in [2.75, 3.05) is 11.1 Å². The van der Waals surface area contributed by atoms with Crippen LogP contribution in [0.4, 0.5) is 5.69 Å². The first-order valence-corrected chi connectivity index (χ1v) is 8.76. The fraction of sp³-hybridized carbons (Fsp3) is 0.167. The van der Waals surface area contributed by atoms with Crippen molar-refractivity contribution in [1.29, 1.82) is 0 Å². The first kappa shape index (κ1) is 17.0. The summed E-state index contributed by atoms with van der Waals surface area (Å²) in [4.78, 5) is 16.2. The Bertz CT molecular complexity index is 819. The molecular formula is C18H18N4O2S.